The van der Waals surface area contributed by atoms with Crippen LogP contribution < -0.4 is 15.0 Å². The third-order valence-electron chi connectivity index (χ3n) is 3.37. The highest BCUT2D eigenvalue weighted by Crippen LogP contribution is 2.35. The van der Waals surface area contributed by atoms with Gasteiger partial charge in [-0.1, -0.05) is 11.8 Å². The van der Waals surface area contributed by atoms with Gasteiger partial charge in [-0.3, -0.25) is 9.59 Å². The van der Waals surface area contributed by atoms with Gasteiger partial charge in [0.15, 0.2) is 27.3 Å². The largest absolute Gasteiger partial charge is 0.506 e. The number of thiazole rings is 1. The van der Waals surface area contributed by atoms with Crippen LogP contribution in [0.4, 0.5) is 0 Å². The number of hydrogen-bond acceptors (Lipinski definition) is 8. The van der Waals surface area contributed by atoms with Crippen LogP contribution >= 0.6 is 23.1 Å². The van der Waals surface area contributed by atoms with Crippen LogP contribution in [0, 0.1) is 0 Å². The average Bonchev–Trinajstić information content (AvgIpc) is 3.17. The third-order valence-corrected chi connectivity index (χ3v) is 5.59. The molecule has 24 heavy (non-hydrogen) atoms. The highest BCUT2D eigenvalue weighted by atomic mass is 32.2. The molecule has 0 atom stereocenters. The van der Waals surface area contributed by atoms with E-state index in [1.165, 1.54) is 23.1 Å². The number of nitrogens with one attached hydrogen (secondary N) is 1. The average molecular weight is 362 g/mol. The fourth-order valence-corrected chi connectivity index (χ4v) is 4.15. The molecular formula is C15H10N2O5S2. The van der Waals surface area contributed by atoms with Gasteiger partial charge >= 0.3 is 0 Å². The number of carbonyl (C=O) groups excluding carboxylic acids is 1. The Kier molecular flexibility index (Phi) is 3.66. The number of aromatic amines is 1. The van der Waals surface area contributed by atoms with E-state index in [0.29, 0.717) is 31.7 Å². The predicted octanol–water partition coefficient (Wildman–Crippen LogP) is 2.39. The number of benzene rings is 1. The van der Waals surface area contributed by atoms with E-state index < -0.39 is 5.56 Å². The van der Waals surface area contributed by atoms with Crippen LogP contribution in [-0.2, 0) is 0 Å². The molecule has 7 nitrogen and oxygen atoms in total. The van der Waals surface area contributed by atoms with Gasteiger partial charge in [0.2, 0.25) is 6.79 Å². The minimum atomic E-state index is -0.418. The second-order valence-corrected chi connectivity index (χ2v) is 7.18. The van der Waals surface area contributed by atoms with Crippen LogP contribution in [0.5, 0.6) is 17.2 Å². The zero-order valence-electron chi connectivity index (χ0n) is 12.1. The van der Waals surface area contributed by atoms with E-state index in [2.05, 4.69) is 9.97 Å². The van der Waals surface area contributed by atoms with Gasteiger partial charge in [-0.25, -0.2) is 4.98 Å². The Hall–Kier alpha value is -2.52. The zero-order chi connectivity index (χ0) is 16.7. The van der Waals surface area contributed by atoms with Gasteiger partial charge in [-0.05, 0) is 18.2 Å². The topological polar surface area (TPSA) is 102 Å². The Morgan fingerprint density at radius 1 is 1.33 bits per heavy atom. The van der Waals surface area contributed by atoms with Crippen molar-refractivity contribution in [1.82, 2.24) is 9.97 Å². The Bertz CT molecular complexity index is 1010. The number of aromatic nitrogens is 2. The summed E-state index contributed by atoms with van der Waals surface area (Å²) in [6.07, 6.45) is 0. The Labute approximate surface area is 143 Å². The summed E-state index contributed by atoms with van der Waals surface area (Å²) in [7, 11) is 0. The van der Waals surface area contributed by atoms with Crippen LogP contribution in [-0.4, -0.2) is 33.4 Å². The molecule has 4 rings (SSSR count). The molecule has 0 fully saturated rings. The van der Waals surface area contributed by atoms with Gasteiger partial charge in [-0.15, -0.1) is 11.3 Å². The maximum Gasteiger partial charge on any atom is 0.253 e. The minimum Gasteiger partial charge on any atom is -0.506 e. The van der Waals surface area contributed by atoms with Gasteiger partial charge in [0.05, 0.1) is 5.75 Å². The van der Waals surface area contributed by atoms with Crippen molar-refractivity contribution in [2.24, 2.45) is 0 Å². The monoisotopic (exact) mass is 362 g/mol. The van der Waals surface area contributed by atoms with Gasteiger partial charge in [-0.2, -0.15) is 0 Å². The van der Waals surface area contributed by atoms with Gasteiger partial charge < -0.3 is 19.6 Å². The van der Waals surface area contributed by atoms with Crippen molar-refractivity contribution < 1.29 is 19.4 Å². The molecule has 1 aromatic carbocycles. The molecule has 0 amide bonds. The summed E-state index contributed by atoms with van der Waals surface area (Å²) in [4.78, 5) is 30.4. The summed E-state index contributed by atoms with van der Waals surface area (Å²) in [5, 5.41) is 9.76. The van der Waals surface area contributed by atoms with E-state index in [0.717, 1.165) is 6.07 Å². The predicted molar refractivity (Wildman–Crippen MR) is 89.5 cm³/mol. The molecule has 9 heteroatoms. The van der Waals surface area contributed by atoms with Crippen molar-refractivity contribution >= 4 is 39.2 Å². The second-order valence-electron chi connectivity index (χ2n) is 4.96. The molecule has 1 aliphatic heterocycles. The number of carbonyl (C=O) groups is 1. The Morgan fingerprint density at radius 3 is 3.04 bits per heavy atom. The molecule has 122 valence electrons. The van der Waals surface area contributed by atoms with E-state index >= 15 is 0 Å². The Balaban J connectivity index is 1.51. The minimum absolute atomic E-state index is 0.0738. The van der Waals surface area contributed by atoms with Crippen LogP contribution in [0.2, 0.25) is 0 Å². The second kappa shape index (κ2) is 5.84. The lowest BCUT2D eigenvalue weighted by molar-refractivity contribution is 0.102. The van der Waals surface area contributed by atoms with Crippen LogP contribution in [0.15, 0.2) is 33.4 Å². The maximum atomic E-state index is 12.3. The smallest absolute Gasteiger partial charge is 0.253 e. The highest BCUT2D eigenvalue weighted by molar-refractivity contribution is 8.01. The molecule has 0 radical (unpaired) electrons. The van der Waals surface area contributed by atoms with E-state index in [9.17, 15) is 14.7 Å². The summed E-state index contributed by atoms with van der Waals surface area (Å²) in [5.41, 5.74) is 0.436. The van der Waals surface area contributed by atoms with E-state index in [4.69, 9.17) is 9.47 Å². The standard InChI is InChI=1S/C15H10N2O5S2/c18-8-4-12(20)16-14-13(8)24-15(17-14)23-5-9(19)7-1-2-10-11(3-7)22-6-21-10/h1-4H,5-6H2,(H2,16,18,20). The number of H-pyrrole nitrogens is 1. The number of fused-ring (bicyclic) bond motifs is 2. The first-order valence-corrected chi connectivity index (χ1v) is 8.69. The quantitative estimate of drug-likeness (QED) is 0.543. The van der Waals surface area contributed by atoms with Crippen molar-refractivity contribution in [2.75, 3.05) is 12.5 Å². The molecule has 3 heterocycles. The molecule has 0 saturated carbocycles. The number of thioether (sulfide) groups is 1. The number of ketones is 1. The van der Waals surface area contributed by atoms with E-state index in [1.807, 2.05) is 0 Å². The van der Waals surface area contributed by atoms with Crippen molar-refractivity contribution in [3.63, 3.8) is 0 Å². The van der Waals surface area contributed by atoms with Crippen molar-refractivity contribution in [1.29, 1.82) is 0 Å². The molecule has 0 spiro atoms. The molecule has 2 N–H and O–H groups in total. The number of aromatic hydroxyl groups is 1. The van der Waals surface area contributed by atoms with Crippen LogP contribution in [0.3, 0.4) is 0 Å². The van der Waals surface area contributed by atoms with Crippen LogP contribution in [0.25, 0.3) is 10.3 Å². The third kappa shape index (κ3) is 2.72. The number of rotatable bonds is 4. The van der Waals surface area contributed by atoms with Gasteiger partial charge in [0, 0.05) is 11.6 Å². The summed E-state index contributed by atoms with van der Waals surface area (Å²) in [5.74, 6) is 1.19. The molecule has 2 aromatic heterocycles. The van der Waals surface area contributed by atoms with Crippen molar-refractivity contribution in [2.45, 2.75) is 4.34 Å². The summed E-state index contributed by atoms with van der Waals surface area (Å²) in [6.45, 7) is 0.162. The Morgan fingerprint density at radius 2 is 2.17 bits per heavy atom. The fraction of sp³-hybridized carbons (Fsp3) is 0.133. The molecule has 0 aliphatic carbocycles. The van der Waals surface area contributed by atoms with Crippen LogP contribution in [0.1, 0.15) is 10.4 Å². The summed E-state index contributed by atoms with van der Waals surface area (Å²) >= 11 is 2.47. The molecule has 3 aromatic rings. The lowest BCUT2D eigenvalue weighted by Crippen LogP contribution is -2.02. The summed E-state index contributed by atoms with van der Waals surface area (Å²) in [6, 6.07) is 6.17. The first-order valence-electron chi connectivity index (χ1n) is 6.88. The molecule has 0 unspecified atom stereocenters. The first-order chi connectivity index (χ1) is 11.6. The normalized spacial score (nSPS) is 12.7. The molecule has 0 saturated heterocycles. The number of ether oxygens (including phenoxy) is 2. The highest BCUT2D eigenvalue weighted by Gasteiger charge is 2.17. The lowest BCUT2D eigenvalue weighted by atomic mass is 10.1. The number of hydrogen-bond donors (Lipinski definition) is 2. The van der Waals surface area contributed by atoms with Gasteiger partial charge in [0.1, 0.15) is 10.4 Å². The molecule has 1 aliphatic rings. The molecule has 0 bridgehead atoms. The van der Waals surface area contributed by atoms with Crippen molar-refractivity contribution in [3.8, 4) is 17.2 Å². The lowest BCUT2D eigenvalue weighted by Gasteiger charge is -2.01. The maximum absolute atomic E-state index is 12.3. The van der Waals surface area contributed by atoms with Crippen molar-refractivity contribution in [3.05, 3.63) is 40.2 Å². The first kappa shape index (κ1) is 15.0. The van der Waals surface area contributed by atoms with Gasteiger partial charge in [0.25, 0.3) is 5.56 Å². The zero-order valence-corrected chi connectivity index (χ0v) is 13.7. The number of pyridine rings is 1. The number of nitrogens with zero attached hydrogens (tertiary/aromatic N) is 1. The SMILES string of the molecule is O=C(CSc1nc2[nH]c(=O)cc(O)c2s1)c1ccc2c(c1)OCO2. The fourth-order valence-electron chi connectivity index (χ4n) is 2.24. The summed E-state index contributed by atoms with van der Waals surface area (Å²) < 4.78 is 11.6. The van der Waals surface area contributed by atoms with E-state index in [1.54, 1.807) is 18.2 Å². The van der Waals surface area contributed by atoms with E-state index in [-0.39, 0.29) is 24.1 Å². The number of Topliss-reactive ketones (excluding diaryl/α,β-unsaturated/α-hetero) is 1. The molecular weight excluding hydrogens is 352 g/mol.